The summed E-state index contributed by atoms with van der Waals surface area (Å²) in [7, 11) is 0. The average molecular weight is 383 g/mol. The molecule has 0 aliphatic carbocycles. The maximum absolute atomic E-state index is 14.1. The van der Waals surface area contributed by atoms with E-state index in [1.807, 2.05) is 0 Å². The molecule has 1 heterocycles. The van der Waals surface area contributed by atoms with Crippen LogP contribution >= 0.6 is 23.2 Å². The molecule has 8 heteroatoms. The van der Waals surface area contributed by atoms with E-state index in [0.717, 1.165) is 0 Å². The third-order valence-corrected chi connectivity index (χ3v) is 4.28. The summed E-state index contributed by atoms with van der Waals surface area (Å²) in [5.74, 6) is -0.960. The van der Waals surface area contributed by atoms with E-state index >= 15 is 0 Å². The molecule has 2 aromatic carbocycles. The Morgan fingerprint density at radius 1 is 1.32 bits per heavy atom. The zero-order valence-corrected chi connectivity index (χ0v) is 14.4. The second kappa shape index (κ2) is 7.29. The summed E-state index contributed by atoms with van der Waals surface area (Å²) in [5.41, 5.74) is 1.08. The lowest BCUT2D eigenvalue weighted by molar-refractivity contribution is -0.121. The molecular formula is C17H13Cl2FN2O3. The predicted octanol–water partition coefficient (Wildman–Crippen LogP) is 3.58. The van der Waals surface area contributed by atoms with E-state index in [1.165, 1.54) is 17.0 Å². The highest BCUT2D eigenvalue weighted by atomic mass is 35.5. The molecule has 0 saturated carbocycles. The fourth-order valence-electron chi connectivity index (χ4n) is 2.49. The summed E-state index contributed by atoms with van der Waals surface area (Å²) in [6, 6.07) is 9.17. The molecule has 0 aromatic heterocycles. The molecule has 130 valence electrons. The van der Waals surface area contributed by atoms with Crippen molar-refractivity contribution < 1.29 is 18.7 Å². The molecule has 1 aliphatic rings. The van der Waals surface area contributed by atoms with Crippen LogP contribution in [0.25, 0.3) is 0 Å². The first-order valence-electron chi connectivity index (χ1n) is 7.35. The van der Waals surface area contributed by atoms with Gasteiger partial charge in [0.1, 0.15) is 17.4 Å². The minimum absolute atomic E-state index is 0.0480. The maximum atomic E-state index is 14.1. The van der Waals surface area contributed by atoms with Crippen molar-refractivity contribution in [2.24, 2.45) is 0 Å². The number of halogens is 3. The van der Waals surface area contributed by atoms with E-state index in [2.05, 4.69) is 5.32 Å². The number of hydrogen-bond donors (Lipinski definition) is 1. The van der Waals surface area contributed by atoms with Crippen LogP contribution in [0.15, 0.2) is 36.4 Å². The smallest absolute Gasteiger partial charge is 0.265 e. The molecule has 0 fully saturated rings. The van der Waals surface area contributed by atoms with Crippen molar-refractivity contribution in [3.05, 3.63) is 52.8 Å². The Bertz CT molecular complexity index is 824. The highest BCUT2D eigenvalue weighted by Gasteiger charge is 2.27. The summed E-state index contributed by atoms with van der Waals surface area (Å²) in [5, 5.41) is 2.83. The normalized spacial score (nSPS) is 13.2. The summed E-state index contributed by atoms with van der Waals surface area (Å²) >= 11 is 11.5. The van der Waals surface area contributed by atoms with E-state index in [1.54, 1.807) is 24.3 Å². The second-order valence-electron chi connectivity index (χ2n) is 5.33. The van der Waals surface area contributed by atoms with Crippen molar-refractivity contribution in [1.29, 1.82) is 0 Å². The van der Waals surface area contributed by atoms with Crippen LogP contribution in [0.4, 0.5) is 15.8 Å². The summed E-state index contributed by atoms with van der Waals surface area (Å²) in [4.78, 5) is 25.1. The lowest BCUT2D eigenvalue weighted by Gasteiger charge is -2.30. The molecule has 0 spiro atoms. The fourth-order valence-corrected chi connectivity index (χ4v) is 2.78. The van der Waals surface area contributed by atoms with Gasteiger partial charge in [0, 0.05) is 16.3 Å². The van der Waals surface area contributed by atoms with Crippen molar-refractivity contribution in [3.8, 4) is 5.75 Å². The van der Waals surface area contributed by atoms with Gasteiger partial charge in [0.15, 0.2) is 6.61 Å². The number of carbonyl (C=O) groups excluding carboxylic acids is 2. The van der Waals surface area contributed by atoms with Crippen molar-refractivity contribution in [2.75, 3.05) is 22.7 Å². The summed E-state index contributed by atoms with van der Waals surface area (Å²) in [6.07, 6.45) is 0. The molecule has 0 atom stereocenters. The van der Waals surface area contributed by atoms with Crippen LogP contribution in [-0.2, 0) is 16.1 Å². The molecule has 0 saturated heterocycles. The quantitative estimate of drug-likeness (QED) is 0.822. The van der Waals surface area contributed by atoms with E-state index < -0.39 is 5.82 Å². The molecule has 3 rings (SSSR count). The maximum Gasteiger partial charge on any atom is 0.265 e. The van der Waals surface area contributed by atoms with Crippen LogP contribution in [0.1, 0.15) is 5.56 Å². The number of anilines is 2. The number of rotatable bonds is 4. The summed E-state index contributed by atoms with van der Waals surface area (Å²) < 4.78 is 19.5. The molecular weight excluding hydrogens is 370 g/mol. The molecule has 25 heavy (non-hydrogen) atoms. The first-order chi connectivity index (χ1) is 12.0. The molecule has 2 aromatic rings. The Kier molecular flexibility index (Phi) is 5.11. The number of ether oxygens (including phenoxy) is 1. The molecule has 5 nitrogen and oxygen atoms in total. The second-order valence-corrected chi connectivity index (χ2v) is 6.01. The third-order valence-electron chi connectivity index (χ3n) is 3.68. The number of amides is 2. The molecule has 2 amide bonds. The number of alkyl halides is 1. The molecule has 0 bridgehead atoms. The van der Waals surface area contributed by atoms with E-state index in [0.29, 0.717) is 17.1 Å². The average Bonchev–Trinajstić information content (AvgIpc) is 2.59. The van der Waals surface area contributed by atoms with Crippen LogP contribution in [0.5, 0.6) is 5.75 Å². The van der Waals surface area contributed by atoms with Crippen molar-refractivity contribution in [3.63, 3.8) is 0 Å². The SMILES string of the molecule is O=C(CCl)Nc1ccc2c(c1)N(Cc1c(F)cccc1Cl)C(=O)CO2. The first-order valence-corrected chi connectivity index (χ1v) is 8.26. The van der Waals surface area contributed by atoms with E-state index in [4.69, 9.17) is 27.9 Å². The van der Waals surface area contributed by atoms with Crippen molar-refractivity contribution >= 4 is 46.4 Å². The Morgan fingerprint density at radius 2 is 2.12 bits per heavy atom. The predicted molar refractivity (Wildman–Crippen MR) is 93.9 cm³/mol. The minimum atomic E-state index is -0.500. The lowest BCUT2D eigenvalue weighted by atomic mass is 10.1. The topological polar surface area (TPSA) is 58.6 Å². The van der Waals surface area contributed by atoms with Gasteiger partial charge in [0.25, 0.3) is 5.91 Å². The van der Waals surface area contributed by atoms with E-state index in [9.17, 15) is 14.0 Å². The number of nitrogens with one attached hydrogen (secondary N) is 1. The lowest BCUT2D eigenvalue weighted by Crippen LogP contribution is -2.38. The van der Waals surface area contributed by atoms with E-state index in [-0.39, 0.29) is 41.4 Å². The van der Waals surface area contributed by atoms with Gasteiger partial charge in [-0.2, -0.15) is 0 Å². The number of nitrogens with zero attached hydrogens (tertiary/aromatic N) is 1. The van der Waals surface area contributed by atoms with Crippen molar-refractivity contribution in [2.45, 2.75) is 6.54 Å². The zero-order chi connectivity index (χ0) is 18.0. The zero-order valence-electron chi connectivity index (χ0n) is 12.9. The van der Waals surface area contributed by atoms with Crippen LogP contribution in [0, 0.1) is 5.82 Å². The molecule has 0 unspecified atom stereocenters. The van der Waals surface area contributed by atoms with Gasteiger partial charge in [-0.25, -0.2) is 4.39 Å². The number of hydrogen-bond acceptors (Lipinski definition) is 3. The monoisotopic (exact) mass is 382 g/mol. The minimum Gasteiger partial charge on any atom is -0.482 e. The number of benzene rings is 2. The fraction of sp³-hybridized carbons (Fsp3) is 0.176. The number of fused-ring (bicyclic) bond motifs is 1. The van der Waals surface area contributed by atoms with Crippen LogP contribution < -0.4 is 15.0 Å². The number of carbonyl (C=O) groups is 2. The molecule has 1 aliphatic heterocycles. The Labute approximate surface area is 153 Å². The van der Waals surface area contributed by atoms with Crippen molar-refractivity contribution in [1.82, 2.24) is 0 Å². The van der Waals surface area contributed by atoms with Gasteiger partial charge < -0.3 is 15.0 Å². The molecule has 1 N–H and O–H groups in total. The van der Waals surface area contributed by atoms with Gasteiger partial charge >= 0.3 is 0 Å². The highest BCUT2D eigenvalue weighted by molar-refractivity contribution is 6.31. The van der Waals surface area contributed by atoms with Crippen LogP contribution in [0.3, 0.4) is 0 Å². The van der Waals surface area contributed by atoms with Crippen LogP contribution in [-0.4, -0.2) is 24.3 Å². The van der Waals surface area contributed by atoms with Gasteiger partial charge in [-0.3, -0.25) is 9.59 Å². The molecule has 0 radical (unpaired) electrons. The van der Waals surface area contributed by atoms with Gasteiger partial charge in [-0.15, -0.1) is 11.6 Å². The Balaban J connectivity index is 1.97. The third kappa shape index (κ3) is 3.70. The van der Waals surface area contributed by atoms with Gasteiger partial charge in [0.05, 0.1) is 12.2 Å². The van der Waals surface area contributed by atoms with Gasteiger partial charge in [-0.1, -0.05) is 17.7 Å². The highest BCUT2D eigenvalue weighted by Crippen LogP contribution is 2.36. The van der Waals surface area contributed by atoms with Gasteiger partial charge in [-0.05, 0) is 30.3 Å². The summed E-state index contributed by atoms with van der Waals surface area (Å²) in [6.45, 7) is -0.208. The Hall–Kier alpha value is -2.31. The van der Waals surface area contributed by atoms with Crippen LogP contribution in [0.2, 0.25) is 5.02 Å². The first kappa shape index (κ1) is 17.5. The Morgan fingerprint density at radius 3 is 2.84 bits per heavy atom. The van der Waals surface area contributed by atoms with Gasteiger partial charge in [0.2, 0.25) is 5.91 Å². The standard InChI is InChI=1S/C17H13Cl2FN2O3/c18-7-16(23)21-10-4-5-15-14(6-10)22(17(24)9-25-15)8-11-12(19)2-1-3-13(11)20/h1-6H,7-9H2,(H,21,23). The largest absolute Gasteiger partial charge is 0.482 e.